The van der Waals surface area contributed by atoms with Crippen LogP contribution < -0.4 is 15.5 Å². The third kappa shape index (κ3) is 7.44. The second kappa shape index (κ2) is 13.1. The van der Waals surface area contributed by atoms with Crippen LogP contribution in [0.2, 0.25) is 0 Å². The van der Waals surface area contributed by atoms with Crippen molar-refractivity contribution >= 4 is 11.6 Å². The molecule has 9 heteroatoms. The van der Waals surface area contributed by atoms with Crippen LogP contribution in [0.1, 0.15) is 37.0 Å². The molecule has 6 nitrogen and oxygen atoms in total. The zero-order valence-electron chi connectivity index (χ0n) is 21.3. The lowest BCUT2D eigenvalue weighted by Gasteiger charge is -2.25. The fraction of sp³-hybridized carbons (Fsp3) is 0.519. The maximum atomic E-state index is 13.4. The summed E-state index contributed by atoms with van der Waals surface area (Å²) in [5, 5.41) is 6.18. The third-order valence-corrected chi connectivity index (χ3v) is 6.67. The fourth-order valence-electron chi connectivity index (χ4n) is 4.73. The van der Waals surface area contributed by atoms with Crippen LogP contribution in [0.5, 0.6) is 0 Å². The smallest absolute Gasteiger partial charge is 0.383 e. The molecule has 0 aliphatic carbocycles. The number of hydrogen-bond donors (Lipinski definition) is 2. The highest BCUT2D eigenvalue weighted by atomic mass is 19.4. The van der Waals surface area contributed by atoms with Crippen molar-refractivity contribution in [3.63, 3.8) is 0 Å². The lowest BCUT2D eigenvalue weighted by molar-refractivity contribution is -0.138. The number of nitrogens with zero attached hydrogens (tertiary/aromatic N) is 2. The van der Waals surface area contributed by atoms with E-state index in [0.717, 1.165) is 30.4 Å². The van der Waals surface area contributed by atoms with E-state index in [2.05, 4.69) is 58.5 Å². The maximum Gasteiger partial charge on any atom is 0.416 e. The number of alkyl halides is 3. The number of ether oxygens (including phenoxy) is 1. The number of amides is 1. The molecule has 0 bridgehead atoms. The number of carbonyl (C=O) groups is 1. The molecule has 2 N–H and O–H groups in total. The van der Waals surface area contributed by atoms with Crippen molar-refractivity contribution in [2.75, 3.05) is 44.8 Å². The van der Waals surface area contributed by atoms with Gasteiger partial charge in [0.2, 0.25) is 5.91 Å². The van der Waals surface area contributed by atoms with E-state index in [1.807, 2.05) is 0 Å². The summed E-state index contributed by atoms with van der Waals surface area (Å²) in [6.07, 6.45) is -3.88. The number of benzene rings is 2. The lowest BCUT2D eigenvalue weighted by atomic mass is 10.1. The molecule has 0 unspecified atom stereocenters. The van der Waals surface area contributed by atoms with Crippen molar-refractivity contribution in [3.05, 3.63) is 65.2 Å². The van der Waals surface area contributed by atoms with Crippen LogP contribution in [0.3, 0.4) is 0 Å². The summed E-state index contributed by atoms with van der Waals surface area (Å²) >= 11 is 0. The normalized spacial score (nSPS) is 18.4. The molecule has 1 aliphatic heterocycles. The van der Waals surface area contributed by atoms with Gasteiger partial charge < -0.3 is 20.3 Å². The van der Waals surface area contributed by atoms with Gasteiger partial charge >= 0.3 is 6.18 Å². The van der Waals surface area contributed by atoms with Crippen molar-refractivity contribution in [1.29, 1.82) is 0 Å². The average molecular weight is 507 g/mol. The molecule has 1 amide bonds. The van der Waals surface area contributed by atoms with Gasteiger partial charge in [-0.25, -0.2) is 0 Å². The molecule has 1 fully saturated rings. The van der Waals surface area contributed by atoms with Gasteiger partial charge in [-0.1, -0.05) is 30.3 Å². The van der Waals surface area contributed by atoms with Gasteiger partial charge in [-0.2, -0.15) is 13.2 Å². The summed E-state index contributed by atoms with van der Waals surface area (Å²) in [5.41, 5.74) is 1.82. The Balaban J connectivity index is 1.70. The van der Waals surface area contributed by atoms with Crippen LogP contribution in [-0.4, -0.2) is 62.8 Å². The quantitative estimate of drug-likeness (QED) is 0.426. The zero-order chi connectivity index (χ0) is 26.1. The van der Waals surface area contributed by atoms with E-state index in [1.54, 1.807) is 13.2 Å². The highest BCUT2D eigenvalue weighted by molar-refractivity contribution is 5.82. The number of methoxy groups -OCH3 is 1. The van der Waals surface area contributed by atoms with Crippen molar-refractivity contribution in [3.8, 4) is 0 Å². The van der Waals surface area contributed by atoms with E-state index < -0.39 is 11.7 Å². The Kier molecular flexibility index (Phi) is 10.2. The van der Waals surface area contributed by atoms with Crippen LogP contribution in [0.25, 0.3) is 0 Å². The van der Waals surface area contributed by atoms with Gasteiger partial charge in [0.25, 0.3) is 0 Å². The van der Waals surface area contributed by atoms with E-state index in [0.29, 0.717) is 32.7 Å². The van der Waals surface area contributed by atoms with Gasteiger partial charge in [-0.3, -0.25) is 9.69 Å². The molecule has 1 saturated heterocycles. The minimum atomic E-state index is -4.40. The molecule has 1 aliphatic rings. The van der Waals surface area contributed by atoms with Crippen molar-refractivity contribution < 1.29 is 22.7 Å². The van der Waals surface area contributed by atoms with Crippen LogP contribution in [0.4, 0.5) is 18.9 Å². The molecule has 1 heterocycles. The van der Waals surface area contributed by atoms with Gasteiger partial charge in [0.1, 0.15) is 0 Å². The first-order valence-electron chi connectivity index (χ1n) is 12.5. The Morgan fingerprint density at radius 3 is 2.44 bits per heavy atom. The minimum absolute atomic E-state index is 0.0881. The highest BCUT2D eigenvalue weighted by Gasteiger charge is 2.37. The maximum absolute atomic E-state index is 13.4. The van der Waals surface area contributed by atoms with Gasteiger partial charge in [0, 0.05) is 58.1 Å². The molecular formula is C27H37F3N4O2. The van der Waals surface area contributed by atoms with Crippen LogP contribution in [-0.2, 0) is 28.8 Å². The molecule has 0 aromatic heterocycles. The Labute approximate surface area is 211 Å². The molecule has 2 aromatic rings. The van der Waals surface area contributed by atoms with E-state index in [9.17, 15) is 18.0 Å². The number of halogens is 3. The zero-order valence-corrected chi connectivity index (χ0v) is 21.3. The van der Waals surface area contributed by atoms with E-state index >= 15 is 0 Å². The summed E-state index contributed by atoms with van der Waals surface area (Å²) in [7, 11) is 1.58. The number of hydrogen-bond acceptors (Lipinski definition) is 5. The molecule has 0 radical (unpaired) electrons. The number of nitrogens with one attached hydrogen (secondary N) is 2. The van der Waals surface area contributed by atoms with Crippen molar-refractivity contribution in [2.24, 2.45) is 0 Å². The van der Waals surface area contributed by atoms with E-state index in [4.69, 9.17) is 4.74 Å². The summed E-state index contributed by atoms with van der Waals surface area (Å²) in [6, 6.07) is 13.5. The Morgan fingerprint density at radius 1 is 1.11 bits per heavy atom. The Hall–Kier alpha value is -2.62. The van der Waals surface area contributed by atoms with Gasteiger partial charge in [-0.05, 0) is 49.6 Å². The largest absolute Gasteiger partial charge is 0.416 e. The molecule has 0 saturated carbocycles. The average Bonchev–Trinajstić information content (AvgIpc) is 3.27. The monoisotopic (exact) mass is 506 g/mol. The van der Waals surface area contributed by atoms with Gasteiger partial charge in [-0.15, -0.1) is 0 Å². The number of carbonyl (C=O) groups excluding carboxylic acids is 1. The first kappa shape index (κ1) is 28.0. The van der Waals surface area contributed by atoms with Crippen LogP contribution in [0.15, 0.2) is 48.5 Å². The predicted molar refractivity (Wildman–Crippen MR) is 136 cm³/mol. The highest BCUT2D eigenvalue weighted by Crippen LogP contribution is 2.32. The van der Waals surface area contributed by atoms with E-state index in [-0.39, 0.29) is 30.1 Å². The summed E-state index contributed by atoms with van der Waals surface area (Å²) in [6.45, 7) is 8.16. The number of likely N-dealkylation sites (tertiary alicyclic amines) is 1. The topological polar surface area (TPSA) is 56.8 Å². The fourth-order valence-corrected chi connectivity index (χ4v) is 4.73. The summed E-state index contributed by atoms with van der Waals surface area (Å²) in [5.74, 6) is -0.0909. The van der Waals surface area contributed by atoms with Gasteiger partial charge in [0.05, 0.1) is 18.2 Å². The molecule has 2 atom stereocenters. The van der Waals surface area contributed by atoms with Crippen molar-refractivity contribution in [2.45, 2.75) is 51.6 Å². The van der Waals surface area contributed by atoms with Gasteiger partial charge in [0.15, 0.2) is 0 Å². The Morgan fingerprint density at radius 2 is 1.81 bits per heavy atom. The number of rotatable bonds is 12. The molecular weight excluding hydrogens is 469 g/mol. The van der Waals surface area contributed by atoms with E-state index in [1.165, 1.54) is 12.1 Å². The third-order valence-electron chi connectivity index (χ3n) is 6.67. The second-order valence-electron chi connectivity index (χ2n) is 9.04. The molecule has 0 spiro atoms. The van der Waals surface area contributed by atoms with Crippen LogP contribution in [0, 0.1) is 0 Å². The molecule has 36 heavy (non-hydrogen) atoms. The molecule has 2 aromatic carbocycles. The first-order valence-corrected chi connectivity index (χ1v) is 12.5. The second-order valence-corrected chi connectivity index (χ2v) is 9.04. The number of anilines is 1. The summed E-state index contributed by atoms with van der Waals surface area (Å²) < 4.78 is 45.2. The predicted octanol–water partition coefficient (Wildman–Crippen LogP) is 4.05. The standard InChI is InChI=1S/C27H37F3N4O2/c1-4-33(5-2)23-12-10-20(11-13-23)18-34-19-22(16-25(34)26(35)31-14-15-36-3)32-17-21-8-6-7-9-24(21)27(28,29)30/h6-13,22,25,32H,4-5,14-19H2,1-3H3,(H,31,35)/t22-,25-/m0/s1. The van der Waals surface area contributed by atoms with Crippen molar-refractivity contribution in [1.82, 2.24) is 15.5 Å². The minimum Gasteiger partial charge on any atom is -0.383 e. The molecule has 198 valence electrons. The SMILES string of the molecule is CCN(CC)c1ccc(CN2C[C@@H](NCc3ccccc3C(F)(F)F)C[C@H]2C(=O)NCCOC)cc1. The molecule has 3 rings (SSSR count). The lowest BCUT2D eigenvalue weighted by Crippen LogP contribution is -2.43. The van der Waals surface area contributed by atoms with Crippen LogP contribution >= 0.6 is 0 Å². The summed E-state index contributed by atoms with van der Waals surface area (Å²) in [4.78, 5) is 17.3. The first-order chi connectivity index (χ1) is 17.3. The Bertz CT molecular complexity index is 964.